The van der Waals surface area contributed by atoms with E-state index in [2.05, 4.69) is 11.8 Å². The van der Waals surface area contributed by atoms with Crippen molar-refractivity contribution < 1.29 is 24.1 Å². The van der Waals surface area contributed by atoms with Gasteiger partial charge in [0.2, 0.25) is 6.49 Å². The second-order valence-electron chi connectivity index (χ2n) is 4.12. The van der Waals surface area contributed by atoms with Crippen LogP contribution in [0.1, 0.15) is 11.0 Å². The highest BCUT2D eigenvalue weighted by atomic mass is 32.5. The third-order valence-corrected chi connectivity index (χ3v) is 7.54. The Labute approximate surface area is 114 Å². The van der Waals surface area contributed by atoms with E-state index < -0.39 is 19.5 Å². The zero-order valence-electron chi connectivity index (χ0n) is 9.62. The highest BCUT2D eigenvalue weighted by Crippen LogP contribution is 2.70. The molecule has 1 atom stereocenters. The van der Waals surface area contributed by atoms with Gasteiger partial charge in [-0.05, 0) is 28.1 Å². The van der Waals surface area contributed by atoms with E-state index in [0.717, 1.165) is 5.39 Å². The van der Waals surface area contributed by atoms with Gasteiger partial charge in [0, 0.05) is 0 Å². The predicted molar refractivity (Wildman–Crippen MR) is 77.5 cm³/mol. The van der Waals surface area contributed by atoms with Crippen LogP contribution in [0.4, 0.5) is 0 Å². The first-order valence-corrected chi connectivity index (χ1v) is 9.75. The number of benzene rings is 2. The molecular formula is C11H12O5P2S. The van der Waals surface area contributed by atoms with Crippen molar-refractivity contribution in [2.45, 2.75) is 5.40 Å². The minimum absolute atomic E-state index is 0.166. The zero-order valence-corrected chi connectivity index (χ0v) is 12.2. The molecule has 8 heteroatoms. The molecule has 0 aliphatic rings. The predicted octanol–water partition coefficient (Wildman–Crippen LogP) is 2.31. The van der Waals surface area contributed by atoms with Crippen LogP contribution in [0.5, 0.6) is 0 Å². The Morgan fingerprint density at radius 3 is 2.11 bits per heavy atom. The Morgan fingerprint density at radius 1 is 0.947 bits per heavy atom. The molecule has 0 saturated heterocycles. The van der Waals surface area contributed by atoms with Crippen molar-refractivity contribution in [3.63, 3.8) is 0 Å². The van der Waals surface area contributed by atoms with Crippen molar-refractivity contribution >= 4 is 36.7 Å². The van der Waals surface area contributed by atoms with E-state index in [0.29, 0.717) is 5.39 Å². The summed E-state index contributed by atoms with van der Waals surface area (Å²) in [6, 6.07) is 11.8. The van der Waals surface area contributed by atoms with Gasteiger partial charge in [0.25, 0.3) is 0 Å². The molecule has 5 nitrogen and oxygen atoms in total. The molecule has 0 bridgehead atoms. The van der Waals surface area contributed by atoms with E-state index in [1.165, 1.54) is 6.07 Å². The van der Waals surface area contributed by atoms with Gasteiger partial charge in [0.1, 0.15) is 0 Å². The second-order valence-corrected chi connectivity index (χ2v) is 9.53. The molecule has 2 aromatic rings. The average molecular weight is 318 g/mol. The molecule has 0 aromatic heterocycles. The van der Waals surface area contributed by atoms with Crippen LogP contribution in [0.25, 0.3) is 10.8 Å². The maximum absolute atomic E-state index is 11.6. The van der Waals surface area contributed by atoms with E-state index in [9.17, 15) is 24.1 Å². The number of hydrogen-bond acceptors (Lipinski definition) is 2. The SMILES string of the molecule is O=P(O)(O)C(c1cccc2ccccc12)P(O)(O)=S. The Balaban J connectivity index is 2.78. The summed E-state index contributed by atoms with van der Waals surface area (Å²) in [6.07, 6.45) is 0. The summed E-state index contributed by atoms with van der Waals surface area (Å²) in [5.41, 5.74) is 0.166. The summed E-state index contributed by atoms with van der Waals surface area (Å²) in [7, 11) is -4.78. The van der Waals surface area contributed by atoms with Gasteiger partial charge < -0.3 is 19.6 Å². The van der Waals surface area contributed by atoms with Crippen LogP contribution in [0, 0.1) is 0 Å². The summed E-state index contributed by atoms with van der Waals surface area (Å²) >= 11 is 4.53. The maximum Gasteiger partial charge on any atom is 0.342 e. The monoisotopic (exact) mass is 318 g/mol. The van der Waals surface area contributed by atoms with Crippen molar-refractivity contribution in [1.82, 2.24) is 0 Å². The molecule has 4 N–H and O–H groups in total. The van der Waals surface area contributed by atoms with Crippen LogP contribution in [0.3, 0.4) is 0 Å². The number of fused-ring (bicyclic) bond motifs is 1. The summed E-state index contributed by atoms with van der Waals surface area (Å²) in [5.74, 6) is 0. The van der Waals surface area contributed by atoms with Gasteiger partial charge in [-0.3, -0.25) is 4.57 Å². The first-order valence-electron chi connectivity index (χ1n) is 5.29. The summed E-state index contributed by atoms with van der Waals surface area (Å²) in [4.78, 5) is 38.0. The van der Waals surface area contributed by atoms with Crippen molar-refractivity contribution in [2.75, 3.05) is 0 Å². The Bertz CT molecular complexity index is 678. The van der Waals surface area contributed by atoms with Gasteiger partial charge in [0.05, 0.1) is 0 Å². The quantitative estimate of drug-likeness (QED) is 0.648. The molecule has 2 rings (SSSR count). The van der Waals surface area contributed by atoms with Gasteiger partial charge in [-0.2, -0.15) is 0 Å². The molecule has 0 aliphatic carbocycles. The van der Waals surface area contributed by atoms with Gasteiger partial charge in [-0.15, -0.1) is 0 Å². The molecule has 0 spiro atoms. The lowest BCUT2D eigenvalue weighted by molar-refractivity contribution is 0.363. The molecule has 1 unspecified atom stereocenters. The standard InChI is InChI=1S/C11H12O5P2S/c12-17(13,14)11(18(15,16)19)10-7-3-5-8-4-1-2-6-9(8)10/h1-7,11H,(H2,12,13,14)(H2,15,16,19). The fourth-order valence-corrected chi connectivity index (χ4v) is 6.22. The fourth-order valence-electron chi connectivity index (χ4n) is 2.03. The van der Waals surface area contributed by atoms with Crippen LogP contribution in [0.15, 0.2) is 42.5 Å². The topological polar surface area (TPSA) is 98.0 Å². The molecule has 19 heavy (non-hydrogen) atoms. The molecule has 102 valence electrons. The summed E-state index contributed by atoms with van der Waals surface area (Å²) < 4.78 is 11.6. The smallest absolute Gasteiger partial charge is 0.342 e. The van der Waals surface area contributed by atoms with E-state index in [1.807, 2.05) is 0 Å². The largest absolute Gasteiger partial charge is 0.344 e. The van der Waals surface area contributed by atoms with Gasteiger partial charge in [-0.1, -0.05) is 42.5 Å². The van der Waals surface area contributed by atoms with Gasteiger partial charge in [-0.25, -0.2) is 0 Å². The maximum atomic E-state index is 11.6. The molecular weight excluding hydrogens is 306 g/mol. The lowest BCUT2D eigenvalue weighted by atomic mass is 10.1. The van der Waals surface area contributed by atoms with Crippen molar-refractivity contribution in [1.29, 1.82) is 0 Å². The Hall–Kier alpha value is -0.580. The van der Waals surface area contributed by atoms with Crippen LogP contribution in [-0.2, 0) is 16.4 Å². The van der Waals surface area contributed by atoms with Crippen molar-refractivity contribution in [3.05, 3.63) is 48.0 Å². The molecule has 2 aromatic carbocycles. The first-order chi connectivity index (χ1) is 8.71. The average Bonchev–Trinajstić information content (AvgIpc) is 2.25. The second kappa shape index (κ2) is 5.08. The van der Waals surface area contributed by atoms with Crippen LogP contribution in [0.2, 0.25) is 0 Å². The fraction of sp³-hybridized carbons (Fsp3) is 0.0909. The van der Waals surface area contributed by atoms with Crippen LogP contribution in [-0.4, -0.2) is 19.6 Å². The zero-order chi connectivity index (χ0) is 14.3. The van der Waals surface area contributed by atoms with Crippen LogP contribution >= 0.6 is 14.1 Å². The summed E-state index contributed by atoms with van der Waals surface area (Å²) in [5, 5.41) is -0.460. The highest BCUT2D eigenvalue weighted by molar-refractivity contribution is 8.11. The first kappa shape index (κ1) is 14.8. The van der Waals surface area contributed by atoms with Crippen molar-refractivity contribution in [2.24, 2.45) is 0 Å². The number of hydrogen-bond donors (Lipinski definition) is 4. The third-order valence-electron chi connectivity index (χ3n) is 2.74. The molecule has 0 saturated carbocycles. The highest BCUT2D eigenvalue weighted by Gasteiger charge is 2.41. The van der Waals surface area contributed by atoms with Gasteiger partial charge in [0.15, 0.2) is 5.40 Å². The van der Waals surface area contributed by atoms with E-state index in [1.54, 1.807) is 36.4 Å². The summed E-state index contributed by atoms with van der Waals surface area (Å²) in [6.45, 7) is -4.15. The van der Waals surface area contributed by atoms with E-state index in [4.69, 9.17) is 0 Å². The van der Waals surface area contributed by atoms with E-state index >= 15 is 0 Å². The molecule has 0 aliphatic heterocycles. The lowest BCUT2D eigenvalue weighted by Gasteiger charge is -2.24. The minimum Gasteiger partial charge on any atom is -0.344 e. The lowest BCUT2D eigenvalue weighted by Crippen LogP contribution is -2.01. The van der Waals surface area contributed by atoms with E-state index in [-0.39, 0.29) is 5.56 Å². The third kappa shape index (κ3) is 3.12. The molecule has 0 fully saturated rings. The Kier molecular flexibility index (Phi) is 3.96. The Morgan fingerprint density at radius 2 is 1.53 bits per heavy atom. The van der Waals surface area contributed by atoms with Gasteiger partial charge >= 0.3 is 7.60 Å². The minimum atomic E-state index is -4.78. The van der Waals surface area contributed by atoms with Crippen LogP contribution < -0.4 is 0 Å². The molecule has 0 heterocycles. The number of rotatable bonds is 3. The normalized spacial score (nSPS) is 14.5. The molecule has 0 radical (unpaired) electrons. The van der Waals surface area contributed by atoms with Crippen molar-refractivity contribution in [3.8, 4) is 0 Å². The molecule has 0 amide bonds.